The largest absolute Gasteiger partial charge is 0.346 e. The lowest BCUT2D eigenvalue weighted by atomic mass is 10.1. The highest BCUT2D eigenvalue weighted by molar-refractivity contribution is 5.91. The zero-order valence-electron chi connectivity index (χ0n) is 11.7. The molecule has 1 aromatic carbocycles. The van der Waals surface area contributed by atoms with E-state index in [-0.39, 0.29) is 11.9 Å². The van der Waals surface area contributed by atoms with Gasteiger partial charge in [-0.1, -0.05) is 29.8 Å². The van der Waals surface area contributed by atoms with Crippen LogP contribution in [0.15, 0.2) is 54.9 Å². The third-order valence-electron chi connectivity index (χ3n) is 3.07. The average molecular weight is 266 g/mol. The second-order valence-corrected chi connectivity index (χ2v) is 4.75. The van der Waals surface area contributed by atoms with Crippen LogP contribution in [0.3, 0.4) is 0 Å². The lowest BCUT2D eigenvalue weighted by molar-refractivity contribution is -0.117. The van der Waals surface area contributed by atoms with E-state index in [9.17, 15) is 4.79 Å². The molecule has 0 bridgehead atoms. The van der Waals surface area contributed by atoms with Gasteiger partial charge in [0, 0.05) is 18.5 Å². The lowest BCUT2D eigenvalue weighted by Crippen LogP contribution is -2.24. The standard InChI is InChI=1S/C17H18N2O/c1-13-3-5-15(6-4-13)7-8-17(20)19-14(2)16-9-11-18-12-10-16/h3-12,14H,1-2H3,(H,19,20). The van der Waals surface area contributed by atoms with Gasteiger partial charge >= 0.3 is 0 Å². The van der Waals surface area contributed by atoms with E-state index in [1.54, 1.807) is 18.5 Å². The zero-order chi connectivity index (χ0) is 14.4. The van der Waals surface area contributed by atoms with E-state index in [1.165, 1.54) is 5.56 Å². The molecule has 0 fully saturated rings. The fraction of sp³-hybridized carbons (Fsp3) is 0.176. The van der Waals surface area contributed by atoms with Gasteiger partial charge in [-0.25, -0.2) is 0 Å². The van der Waals surface area contributed by atoms with Gasteiger partial charge in [-0.05, 0) is 43.2 Å². The van der Waals surface area contributed by atoms with Crippen molar-refractivity contribution in [1.29, 1.82) is 0 Å². The summed E-state index contributed by atoms with van der Waals surface area (Å²) in [6.07, 6.45) is 6.82. The molecule has 0 aliphatic heterocycles. The Labute approximate surface area is 119 Å². The van der Waals surface area contributed by atoms with Crippen molar-refractivity contribution in [3.8, 4) is 0 Å². The van der Waals surface area contributed by atoms with Crippen LogP contribution in [0.4, 0.5) is 0 Å². The molecule has 0 radical (unpaired) electrons. The fourth-order valence-electron chi connectivity index (χ4n) is 1.85. The summed E-state index contributed by atoms with van der Waals surface area (Å²) in [4.78, 5) is 15.8. The Hall–Kier alpha value is -2.42. The van der Waals surface area contributed by atoms with E-state index in [0.29, 0.717) is 0 Å². The third kappa shape index (κ3) is 4.05. The highest BCUT2D eigenvalue weighted by Crippen LogP contribution is 2.10. The van der Waals surface area contributed by atoms with Gasteiger partial charge in [-0.2, -0.15) is 0 Å². The van der Waals surface area contributed by atoms with Crippen LogP contribution >= 0.6 is 0 Å². The fourth-order valence-corrected chi connectivity index (χ4v) is 1.85. The Balaban J connectivity index is 1.94. The molecular weight excluding hydrogens is 248 g/mol. The minimum Gasteiger partial charge on any atom is -0.346 e. The molecule has 1 heterocycles. The van der Waals surface area contributed by atoms with Crippen LogP contribution < -0.4 is 5.32 Å². The van der Waals surface area contributed by atoms with Gasteiger partial charge in [0.05, 0.1) is 6.04 Å². The minimum atomic E-state index is -0.102. The zero-order valence-corrected chi connectivity index (χ0v) is 11.7. The van der Waals surface area contributed by atoms with E-state index in [2.05, 4.69) is 10.3 Å². The molecule has 1 atom stereocenters. The molecule has 0 spiro atoms. The molecular formula is C17H18N2O. The van der Waals surface area contributed by atoms with Crippen LogP contribution in [0.2, 0.25) is 0 Å². The van der Waals surface area contributed by atoms with Crippen LogP contribution in [-0.2, 0) is 4.79 Å². The van der Waals surface area contributed by atoms with Gasteiger partial charge in [-0.3, -0.25) is 9.78 Å². The van der Waals surface area contributed by atoms with E-state index < -0.39 is 0 Å². The van der Waals surface area contributed by atoms with Gasteiger partial charge in [-0.15, -0.1) is 0 Å². The minimum absolute atomic E-state index is 0.0341. The Morgan fingerprint density at radius 2 is 1.80 bits per heavy atom. The lowest BCUT2D eigenvalue weighted by Gasteiger charge is -2.12. The molecule has 1 aromatic heterocycles. The number of rotatable bonds is 4. The number of hydrogen-bond acceptors (Lipinski definition) is 2. The summed E-state index contributed by atoms with van der Waals surface area (Å²) in [6.45, 7) is 3.99. The van der Waals surface area contributed by atoms with Gasteiger partial charge in [0.1, 0.15) is 0 Å². The summed E-state index contributed by atoms with van der Waals surface area (Å²) < 4.78 is 0. The maximum Gasteiger partial charge on any atom is 0.244 e. The predicted octanol–water partition coefficient (Wildman–Crippen LogP) is 3.28. The first-order valence-corrected chi connectivity index (χ1v) is 6.60. The predicted molar refractivity (Wildman–Crippen MR) is 81.0 cm³/mol. The monoisotopic (exact) mass is 266 g/mol. The molecule has 0 aliphatic carbocycles. The van der Waals surface area contributed by atoms with E-state index in [4.69, 9.17) is 0 Å². The molecule has 3 nitrogen and oxygen atoms in total. The van der Waals surface area contributed by atoms with Gasteiger partial charge in [0.25, 0.3) is 0 Å². The summed E-state index contributed by atoms with van der Waals surface area (Å²) in [5.41, 5.74) is 3.26. The summed E-state index contributed by atoms with van der Waals surface area (Å²) >= 11 is 0. The molecule has 1 unspecified atom stereocenters. The number of benzene rings is 1. The van der Waals surface area contributed by atoms with Crippen molar-refractivity contribution < 1.29 is 4.79 Å². The number of pyridine rings is 1. The highest BCUT2D eigenvalue weighted by Gasteiger charge is 2.06. The first-order valence-electron chi connectivity index (χ1n) is 6.60. The maximum atomic E-state index is 11.9. The molecule has 3 heteroatoms. The summed E-state index contributed by atoms with van der Waals surface area (Å²) in [5.74, 6) is -0.102. The summed E-state index contributed by atoms with van der Waals surface area (Å²) in [7, 11) is 0. The first-order chi connectivity index (χ1) is 9.65. The molecule has 0 aliphatic rings. The SMILES string of the molecule is Cc1ccc(C=CC(=O)NC(C)c2ccncc2)cc1. The number of hydrogen-bond donors (Lipinski definition) is 1. The smallest absolute Gasteiger partial charge is 0.244 e. The number of aryl methyl sites for hydroxylation is 1. The molecule has 1 amide bonds. The van der Waals surface area contributed by atoms with Crippen LogP contribution in [-0.4, -0.2) is 10.9 Å². The number of carbonyl (C=O) groups is 1. The number of aromatic nitrogens is 1. The van der Waals surface area contributed by atoms with Crippen molar-refractivity contribution in [2.24, 2.45) is 0 Å². The normalized spacial score (nSPS) is 12.3. The quantitative estimate of drug-likeness (QED) is 0.863. The Morgan fingerprint density at radius 3 is 2.45 bits per heavy atom. The number of nitrogens with zero attached hydrogens (tertiary/aromatic N) is 1. The van der Waals surface area contributed by atoms with Crippen LogP contribution in [0.25, 0.3) is 6.08 Å². The van der Waals surface area contributed by atoms with Crippen LogP contribution in [0.5, 0.6) is 0 Å². The van der Waals surface area contributed by atoms with Crippen molar-refractivity contribution in [3.05, 3.63) is 71.6 Å². The number of nitrogens with one attached hydrogen (secondary N) is 1. The highest BCUT2D eigenvalue weighted by atomic mass is 16.1. The topological polar surface area (TPSA) is 42.0 Å². The van der Waals surface area contributed by atoms with Gasteiger partial charge < -0.3 is 5.32 Å². The Bertz CT molecular complexity index is 588. The molecule has 1 N–H and O–H groups in total. The molecule has 2 rings (SSSR count). The van der Waals surface area contributed by atoms with Crippen molar-refractivity contribution in [1.82, 2.24) is 10.3 Å². The molecule has 0 saturated heterocycles. The number of amides is 1. The first kappa shape index (κ1) is 14.0. The summed E-state index contributed by atoms with van der Waals surface area (Å²) in [5, 5.41) is 2.92. The number of carbonyl (C=O) groups excluding carboxylic acids is 1. The average Bonchev–Trinajstić information content (AvgIpc) is 2.47. The second kappa shape index (κ2) is 6.66. The van der Waals surface area contributed by atoms with Crippen molar-refractivity contribution in [3.63, 3.8) is 0 Å². The maximum absolute atomic E-state index is 11.9. The van der Waals surface area contributed by atoms with Gasteiger partial charge in [0.2, 0.25) is 5.91 Å². The molecule has 20 heavy (non-hydrogen) atoms. The molecule has 102 valence electrons. The molecule has 2 aromatic rings. The van der Waals surface area contributed by atoms with Crippen molar-refractivity contribution in [2.45, 2.75) is 19.9 Å². The van der Waals surface area contributed by atoms with Gasteiger partial charge in [0.15, 0.2) is 0 Å². The third-order valence-corrected chi connectivity index (χ3v) is 3.07. The molecule has 0 saturated carbocycles. The van der Waals surface area contributed by atoms with E-state index in [1.807, 2.05) is 56.3 Å². The summed E-state index contributed by atoms with van der Waals surface area (Å²) in [6, 6.07) is 11.8. The van der Waals surface area contributed by atoms with Crippen LogP contribution in [0.1, 0.15) is 29.7 Å². The van der Waals surface area contributed by atoms with Crippen LogP contribution in [0, 0.1) is 6.92 Å². The van der Waals surface area contributed by atoms with Crippen molar-refractivity contribution >= 4 is 12.0 Å². The Kier molecular flexibility index (Phi) is 4.66. The second-order valence-electron chi connectivity index (χ2n) is 4.75. The van der Waals surface area contributed by atoms with E-state index >= 15 is 0 Å². The van der Waals surface area contributed by atoms with Crippen molar-refractivity contribution in [2.75, 3.05) is 0 Å². The Morgan fingerprint density at radius 1 is 1.15 bits per heavy atom. The van der Waals surface area contributed by atoms with E-state index in [0.717, 1.165) is 11.1 Å².